The highest BCUT2D eigenvalue weighted by Gasteiger charge is 2.35. The predicted octanol–water partition coefficient (Wildman–Crippen LogP) is 4.29. The van der Waals surface area contributed by atoms with Crippen molar-refractivity contribution in [1.29, 1.82) is 0 Å². The van der Waals surface area contributed by atoms with E-state index in [1.54, 1.807) is 64.8 Å². The zero-order valence-electron chi connectivity index (χ0n) is 23.2. The normalized spacial score (nSPS) is 17.1. The molecule has 0 bridgehead atoms. The van der Waals surface area contributed by atoms with Gasteiger partial charge in [-0.1, -0.05) is 19.6 Å². The summed E-state index contributed by atoms with van der Waals surface area (Å²) < 4.78 is 16.6. The topological polar surface area (TPSA) is 118 Å². The third-order valence-corrected chi connectivity index (χ3v) is 6.53. The molecule has 0 aromatic carbocycles. The maximum atomic E-state index is 13.0. The van der Waals surface area contributed by atoms with Crippen LogP contribution in [0.2, 0.25) is 25.7 Å². The second-order valence-electron chi connectivity index (χ2n) is 11.9. The van der Waals surface area contributed by atoms with Gasteiger partial charge in [-0.05, 0) is 47.6 Å². The van der Waals surface area contributed by atoms with E-state index in [1.807, 2.05) is 0 Å². The number of rotatable bonds is 7. The molecule has 1 aromatic heterocycles. The summed E-state index contributed by atoms with van der Waals surface area (Å²) in [4.78, 5) is 35.3. The number of anilines is 1. The lowest BCUT2D eigenvalue weighted by molar-refractivity contribution is -0.0996. The van der Waals surface area contributed by atoms with Crippen molar-refractivity contribution in [2.75, 3.05) is 25.3 Å². The molecule has 0 spiro atoms. The number of carbonyl (C=O) groups is 2. The molecule has 0 radical (unpaired) electrons. The molecule has 12 heteroatoms. The average Bonchev–Trinajstić information content (AvgIpc) is 2.96. The zero-order valence-corrected chi connectivity index (χ0v) is 24.2. The Kier molecular flexibility index (Phi) is 9.27. The number of ether oxygens (including phenoxy) is 3. The molecular weight excluding hydrogens is 482 g/mol. The van der Waals surface area contributed by atoms with Crippen molar-refractivity contribution in [3.8, 4) is 0 Å². The van der Waals surface area contributed by atoms with Crippen molar-refractivity contribution in [2.24, 2.45) is 0 Å². The Morgan fingerprint density at radius 2 is 1.64 bits per heavy atom. The maximum Gasteiger partial charge on any atom is 0.425 e. The van der Waals surface area contributed by atoms with E-state index in [0.29, 0.717) is 12.2 Å². The zero-order chi connectivity index (χ0) is 27.5. The fourth-order valence-electron chi connectivity index (χ4n) is 2.99. The van der Waals surface area contributed by atoms with Crippen LogP contribution in [0.4, 0.5) is 15.4 Å². The highest BCUT2D eigenvalue weighted by Crippen LogP contribution is 2.28. The summed E-state index contributed by atoms with van der Waals surface area (Å²) in [7, 11) is 0.497. The minimum atomic E-state index is -1.22. The van der Waals surface area contributed by atoms with Gasteiger partial charge in [0.15, 0.2) is 17.9 Å². The van der Waals surface area contributed by atoms with Gasteiger partial charge in [-0.25, -0.2) is 19.6 Å². The number of hydrazine groups is 1. The van der Waals surface area contributed by atoms with Crippen molar-refractivity contribution in [2.45, 2.75) is 84.7 Å². The van der Waals surface area contributed by atoms with E-state index in [2.05, 4.69) is 29.6 Å². The van der Waals surface area contributed by atoms with Crippen LogP contribution in [0.3, 0.4) is 0 Å². The Labute approximate surface area is 215 Å². The Morgan fingerprint density at radius 1 is 1.08 bits per heavy atom. The van der Waals surface area contributed by atoms with Gasteiger partial charge in [0.25, 0.3) is 0 Å². The first-order valence-corrected chi connectivity index (χ1v) is 15.6. The minimum absolute atomic E-state index is 0.0379. The quantitative estimate of drug-likeness (QED) is 0.410. The molecule has 202 valence electrons. The predicted molar refractivity (Wildman–Crippen MR) is 140 cm³/mol. The van der Waals surface area contributed by atoms with Gasteiger partial charge in [-0.3, -0.25) is 5.01 Å². The van der Waals surface area contributed by atoms with E-state index in [0.717, 1.165) is 10.9 Å². The number of imide groups is 1. The van der Waals surface area contributed by atoms with Gasteiger partial charge in [-0.15, -0.1) is 0 Å². The van der Waals surface area contributed by atoms with E-state index < -0.39 is 37.7 Å². The smallest absolute Gasteiger partial charge is 0.425 e. The summed E-state index contributed by atoms with van der Waals surface area (Å²) >= 11 is 0. The van der Waals surface area contributed by atoms with E-state index in [4.69, 9.17) is 14.2 Å². The van der Waals surface area contributed by atoms with Crippen molar-refractivity contribution in [1.82, 2.24) is 20.0 Å². The van der Waals surface area contributed by atoms with Crippen LogP contribution in [0, 0.1) is 0 Å². The van der Waals surface area contributed by atoms with Crippen molar-refractivity contribution in [3.63, 3.8) is 0 Å². The molecule has 11 nitrogen and oxygen atoms in total. The Morgan fingerprint density at radius 3 is 2.14 bits per heavy atom. The van der Waals surface area contributed by atoms with Crippen molar-refractivity contribution >= 4 is 31.7 Å². The summed E-state index contributed by atoms with van der Waals surface area (Å²) in [6, 6.07) is 2.43. The Bertz CT molecular complexity index is 939. The number of carbonyl (C=O) groups excluding carboxylic acids is 2. The molecule has 0 aliphatic carbocycles. The average molecular weight is 524 g/mol. The van der Waals surface area contributed by atoms with Gasteiger partial charge in [0.05, 0.1) is 5.57 Å². The fraction of sp³-hybridized carbons (Fsp3) is 0.667. The number of hydrogen-bond donors (Lipinski definition) is 1. The number of nitrogens with zero attached hydrogens (tertiary/aromatic N) is 5. The third kappa shape index (κ3) is 8.84. The van der Waals surface area contributed by atoms with E-state index in [-0.39, 0.29) is 18.4 Å². The number of amides is 2. The van der Waals surface area contributed by atoms with Gasteiger partial charge >= 0.3 is 12.2 Å². The van der Waals surface area contributed by atoms with Gasteiger partial charge in [-0.2, -0.15) is 9.91 Å². The highest BCUT2D eigenvalue weighted by molar-refractivity contribution is 6.76. The maximum absolute atomic E-state index is 13.0. The lowest BCUT2D eigenvalue weighted by atomic mass is 10.2. The molecule has 1 aliphatic heterocycles. The van der Waals surface area contributed by atoms with Crippen LogP contribution >= 0.6 is 0 Å². The molecule has 0 saturated carbocycles. The third-order valence-electron chi connectivity index (χ3n) is 4.83. The van der Waals surface area contributed by atoms with Gasteiger partial charge in [0.1, 0.15) is 17.9 Å². The molecule has 2 amide bonds. The first kappa shape index (κ1) is 29.7. The van der Waals surface area contributed by atoms with Crippen LogP contribution in [-0.2, 0) is 14.2 Å². The van der Waals surface area contributed by atoms with Crippen LogP contribution < -0.4 is 4.90 Å². The SMILES string of the molecule is CN1C(O)C(c2nccc(N(C(=O)OC(C)(C)C)C(=O)OC(C)(C)C)n2)=CN1COCC[Si](C)(C)C. The fourth-order valence-corrected chi connectivity index (χ4v) is 3.74. The number of hydrogen-bond acceptors (Lipinski definition) is 10. The van der Waals surface area contributed by atoms with Crippen LogP contribution in [0.15, 0.2) is 18.5 Å². The molecular formula is C24H41N5O6Si. The molecule has 36 heavy (non-hydrogen) atoms. The second kappa shape index (κ2) is 11.2. The van der Waals surface area contributed by atoms with E-state index in [1.165, 1.54) is 12.3 Å². The molecule has 0 saturated heterocycles. The Hall–Kier alpha value is -2.54. The largest absolute Gasteiger partial charge is 0.443 e. The number of aromatic nitrogens is 2. The summed E-state index contributed by atoms with van der Waals surface area (Å²) in [5.41, 5.74) is -1.31. The summed E-state index contributed by atoms with van der Waals surface area (Å²) in [5, 5.41) is 14.1. The molecule has 1 N–H and O–H groups in total. The van der Waals surface area contributed by atoms with Crippen LogP contribution in [-0.4, -0.2) is 83.2 Å². The first-order valence-electron chi connectivity index (χ1n) is 11.9. The minimum Gasteiger partial charge on any atom is -0.443 e. The van der Waals surface area contributed by atoms with Gasteiger partial charge in [0, 0.05) is 40.2 Å². The number of likely N-dealkylation sites (N-methyl/N-ethyl adjacent to an activating group) is 1. The summed E-state index contributed by atoms with van der Waals surface area (Å²) in [6.45, 7) is 17.9. The van der Waals surface area contributed by atoms with Crippen LogP contribution in [0.5, 0.6) is 0 Å². The number of aliphatic hydroxyl groups excluding tert-OH is 1. The lowest BCUT2D eigenvalue weighted by Crippen LogP contribution is -2.44. The van der Waals surface area contributed by atoms with Gasteiger partial charge < -0.3 is 19.3 Å². The first-order chi connectivity index (χ1) is 16.4. The molecule has 1 atom stereocenters. The standard InChI is InChI=1S/C24H41N5O6Si/c1-23(2,3)34-21(31)29(22(32)35-24(4,5)6)18-11-12-25-19(26-18)17-15-28(27(7)20(17)30)16-33-13-14-36(8,9)10/h11-12,15,20,30H,13-14,16H2,1-10H3. The van der Waals surface area contributed by atoms with Crippen LogP contribution in [0.1, 0.15) is 47.4 Å². The molecule has 1 aliphatic rings. The van der Waals surface area contributed by atoms with E-state index in [9.17, 15) is 14.7 Å². The van der Waals surface area contributed by atoms with Gasteiger partial charge in [0.2, 0.25) is 0 Å². The summed E-state index contributed by atoms with van der Waals surface area (Å²) in [6.07, 6.45) is 0.176. The molecule has 1 aromatic rings. The van der Waals surface area contributed by atoms with Crippen LogP contribution in [0.25, 0.3) is 5.57 Å². The highest BCUT2D eigenvalue weighted by atomic mass is 28.3. The van der Waals surface area contributed by atoms with Crippen molar-refractivity contribution in [3.05, 3.63) is 24.3 Å². The molecule has 0 fully saturated rings. The Balaban J connectivity index is 2.32. The number of aliphatic hydroxyl groups is 1. The molecule has 2 heterocycles. The second-order valence-corrected chi connectivity index (χ2v) is 17.5. The van der Waals surface area contributed by atoms with E-state index >= 15 is 0 Å². The molecule has 1 unspecified atom stereocenters. The summed E-state index contributed by atoms with van der Waals surface area (Å²) in [5.74, 6) is 0.109. The van der Waals surface area contributed by atoms with Crippen molar-refractivity contribution < 1.29 is 28.9 Å². The lowest BCUT2D eigenvalue weighted by Gasteiger charge is -2.28. The molecule has 2 rings (SSSR count). The monoisotopic (exact) mass is 523 g/mol.